The summed E-state index contributed by atoms with van der Waals surface area (Å²) in [6.45, 7) is 6.89. The van der Waals surface area contributed by atoms with E-state index >= 15 is 0 Å². The molecule has 0 fully saturated rings. The van der Waals surface area contributed by atoms with Crippen molar-refractivity contribution in [3.8, 4) is 0 Å². The minimum atomic E-state index is -0.171. The van der Waals surface area contributed by atoms with Crippen molar-refractivity contribution in [3.63, 3.8) is 0 Å². The van der Waals surface area contributed by atoms with E-state index in [1.165, 1.54) is 5.69 Å². The molecule has 0 amide bonds. The fourth-order valence-electron chi connectivity index (χ4n) is 1.60. The van der Waals surface area contributed by atoms with Crippen LogP contribution in [0.15, 0.2) is 6.07 Å². The second kappa shape index (κ2) is 5.15. The highest BCUT2D eigenvalue weighted by molar-refractivity contribution is 5.06. The highest BCUT2D eigenvalue weighted by Crippen LogP contribution is 2.06. The van der Waals surface area contributed by atoms with Gasteiger partial charge in [-0.2, -0.15) is 5.10 Å². The zero-order valence-electron chi connectivity index (χ0n) is 9.32. The van der Waals surface area contributed by atoms with Gasteiger partial charge in [-0.3, -0.25) is 4.68 Å². The van der Waals surface area contributed by atoms with Crippen LogP contribution in [0.5, 0.6) is 0 Å². The maximum absolute atomic E-state index is 9.09. The third kappa shape index (κ3) is 3.50. The van der Waals surface area contributed by atoms with Crippen LogP contribution in [-0.2, 0) is 6.54 Å². The Morgan fingerprint density at radius 1 is 1.43 bits per heavy atom. The van der Waals surface area contributed by atoms with Crippen LogP contribution in [0.3, 0.4) is 0 Å². The van der Waals surface area contributed by atoms with Gasteiger partial charge in [0.25, 0.3) is 0 Å². The van der Waals surface area contributed by atoms with Gasteiger partial charge in [0.15, 0.2) is 0 Å². The number of aromatic nitrogens is 2. The van der Waals surface area contributed by atoms with Crippen LogP contribution < -0.4 is 0 Å². The molecule has 1 aromatic heterocycles. The largest absolute Gasteiger partial charge is 0.393 e. The fraction of sp³-hybridized carbons (Fsp3) is 0.727. The van der Waals surface area contributed by atoms with Crippen LogP contribution >= 0.6 is 0 Å². The number of rotatable bonds is 5. The maximum Gasteiger partial charge on any atom is 0.0596 e. The number of aryl methyl sites for hydroxylation is 3. The van der Waals surface area contributed by atoms with Crippen LogP contribution in [0.25, 0.3) is 0 Å². The summed E-state index contributed by atoms with van der Waals surface area (Å²) in [5.74, 6) is 0. The minimum absolute atomic E-state index is 0.171. The Labute approximate surface area is 85.8 Å². The van der Waals surface area contributed by atoms with Gasteiger partial charge in [0.2, 0.25) is 0 Å². The minimum Gasteiger partial charge on any atom is -0.393 e. The monoisotopic (exact) mass is 196 g/mol. The Bertz CT molecular complexity index is 279. The van der Waals surface area contributed by atoms with Crippen molar-refractivity contribution < 1.29 is 5.11 Å². The molecule has 14 heavy (non-hydrogen) atoms. The van der Waals surface area contributed by atoms with Crippen LogP contribution in [0.2, 0.25) is 0 Å². The molecule has 1 heterocycles. The van der Waals surface area contributed by atoms with E-state index in [4.69, 9.17) is 5.11 Å². The Morgan fingerprint density at radius 3 is 2.64 bits per heavy atom. The molecule has 3 nitrogen and oxygen atoms in total. The van der Waals surface area contributed by atoms with Crippen molar-refractivity contribution in [1.29, 1.82) is 0 Å². The lowest BCUT2D eigenvalue weighted by Gasteiger charge is -2.05. The summed E-state index contributed by atoms with van der Waals surface area (Å²) in [7, 11) is 0. The van der Waals surface area contributed by atoms with Crippen LogP contribution in [-0.4, -0.2) is 21.0 Å². The summed E-state index contributed by atoms with van der Waals surface area (Å²) in [5.41, 5.74) is 2.30. The summed E-state index contributed by atoms with van der Waals surface area (Å²) in [6, 6.07) is 2.09. The highest BCUT2D eigenvalue weighted by Gasteiger charge is 2.00. The van der Waals surface area contributed by atoms with Gasteiger partial charge in [0.05, 0.1) is 11.8 Å². The second-order valence-corrected chi connectivity index (χ2v) is 4.00. The third-order valence-corrected chi connectivity index (χ3v) is 2.35. The number of aliphatic hydroxyl groups is 1. The van der Waals surface area contributed by atoms with Gasteiger partial charge >= 0.3 is 0 Å². The van der Waals surface area contributed by atoms with Crippen molar-refractivity contribution in [2.24, 2.45) is 0 Å². The number of hydrogen-bond donors (Lipinski definition) is 1. The van der Waals surface area contributed by atoms with Crippen molar-refractivity contribution in [2.75, 3.05) is 0 Å². The molecule has 1 unspecified atom stereocenters. The first-order valence-corrected chi connectivity index (χ1v) is 5.28. The van der Waals surface area contributed by atoms with E-state index in [1.807, 2.05) is 18.5 Å². The van der Waals surface area contributed by atoms with Crippen LogP contribution in [0.1, 0.15) is 37.6 Å². The average molecular weight is 196 g/mol. The summed E-state index contributed by atoms with van der Waals surface area (Å²) >= 11 is 0. The molecule has 0 aromatic carbocycles. The molecule has 0 radical (unpaired) electrons. The predicted molar refractivity (Wildman–Crippen MR) is 57.2 cm³/mol. The number of unbranched alkanes of at least 4 members (excludes halogenated alkanes) is 1. The smallest absolute Gasteiger partial charge is 0.0596 e. The highest BCUT2D eigenvalue weighted by atomic mass is 16.3. The first-order valence-electron chi connectivity index (χ1n) is 5.28. The third-order valence-electron chi connectivity index (χ3n) is 2.35. The molecule has 0 bridgehead atoms. The SMILES string of the molecule is Cc1cc(C)n(CCCCC(C)O)n1. The number of nitrogens with zero attached hydrogens (tertiary/aromatic N) is 2. The Kier molecular flexibility index (Phi) is 4.14. The van der Waals surface area contributed by atoms with E-state index in [-0.39, 0.29) is 6.10 Å². The molecule has 1 rings (SSSR count). The second-order valence-electron chi connectivity index (χ2n) is 4.00. The lowest BCUT2D eigenvalue weighted by atomic mass is 10.2. The molecule has 0 aliphatic heterocycles. The van der Waals surface area contributed by atoms with E-state index in [0.717, 1.165) is 31.5 Å². The van der Waals surface area contributed by atoms with E-state index in [2.05, 4.69) is 18.1 Å². The summed E-state index contributed by atoms with van der Waals surface area (Å²) in [5, 5.41) is 13.5. The van der Waals surface area contributed by atoms with E-state index in [0.29, 0.717) is 0 Å². The Balaban J connectivity index is 2.28. The lowest BCUT2D eigenvalue weighted by Crippen LogP contribution is -2.04. The van der Waals surface area contributed by atoms with Gasteiger partial charge < -0.3 is 5.11 Å². The molecule has 3 heteroatoms. The Morgan fingerprint density at radius 2 is 2.14 bits per heavy atom. The number of hydrogen-bond acceptors (Lipinski definition) is 2. The summed E-state index contributed by atoms with van der Waals surface area (Å²) in [4.78, 5) is 0. The molecular formula is C11H20N2O. The van der Waals surface area contributed by atoms with Gasteiger partial charge in [-0.15, -0.1) is 0 Å². The molecule has 0 saturated heterocycles. The standard InChI is InChI=1S/C11H20N2O/c1-9-8-10(2)13(12-9)7-5-4-6-11(3)14/h8,11,14H,4-7H2,1-3H3. The Hall–Kier alpha value is -0.830. The van der Waals surface area contributed by atoms with Crippen molar-refractivity contribution in [2.45, 2.75) is 52.7 Å². The first kappa shape index (κ1) is 11.2. The normalized spacial score (nSPS) is 13.1. The molecule has 0 aliphatic carbocycles. The van der Waals surface area contributed by atoms with E-state index < -0.39 is 0 Å². The van der Waals surface area contributed by atoms with Crippen molar-refractivity contribution >= 4 is 0 Å². The molecule has 0 spiro atoms. The zero-order chi connectivity index (χ0) is 10.6. The van der Waals surface area contributed by atoms with Crippen molar-refractivity contribution in [3.05, 3.63) is 17.5 Å². The summed E-state index contributed by atoms with van der Waals surface area (Å²) in [6.07, 6.45) is 2.87. The predicted octanol–water partition coefficient (Wildman–Crippen LogP) is 2.05. The zero-order valence-corrected chi connectivity index (χ0v) is 9.32. The van der Waals surface area contributed by atoms with Gasteiger partial charge in [-0.05, 0) is 46.1 Å². The maximum atomic E-state index is 9.09. The number of aliphatic hydroxyl groups excluding tert-OH is 1. The molecule has 1 aromatic rings. The lowest BCUT2D eigenvalue weighted by molar-refractivity contribution is 0.180. The fourth-order valence-corrected chi connectivity index (χ4v) is 1.60. The van der Waals surface area contributed by atoms with Crippen LogP contribution in [0, 0.1) is 13.8 Å². The van der Waals surface area contributed by atoms with E-state index in [9.17, 15) is 0 Å². The topological polar surface area (TPSA) is 38.0 Å². The van der Waals surface area contributed by atoms with Crippen molar-refractivity contribution in [1.82, 2.24) is 9.78 Å². The quantitative estimate of drug-likeness (QED) is 0.732. The molecule has 0 aliphatic rings. The molecule has 80 valence electrons. The molecular weight excluding hydrogens is 176 g/mol. The average Bonchev–Trinajstić information content (AvgIpc) is 2.39. The van der Waals surface area contributed by atoms with Gasteiger partial charge in [-0.1, -0.05) is 0 Å². The molecule has 1 atom stereocenters. The van der Waals surface area contributed by atoms with E-state index in [1.54, 1.807) is 0 Å². The van der Waals surface area contributed by atoms with Gasteiger partial charge in [0, 0.05) is 12.2 Å². The first-order chi connectivity index (χ1) is 6.59. The van der Waals surface area contributed by atoms with Gasteiger partial charge in [0.1, 0.15) is 0 Å². The van der Waals surface area contributed by atoms with Crippen LogP contribution in [0.4, 0.5) is 0 Å². The van der Waals surface area contributed by atoms with Gasteiger partial charge in [-0.25, -0.2) is 0 Å². The molecule has 1 N–H and O–H groups in total. The summed E-state index contributed by atoms with van der Waals surface area (Å²) < 4.78 is 2.04. The molecule has 0 saturated carbocycles.